The van der Waals surface area contributed by atoms with Crippen molar-refractivity contribution in [2.24, 2.45) is 4.99 Å². The molecule has 1 unspecified atom stereocenters. The molecule has 0 fully saturated rings. The van der Waals surface area contributed by atoms with Gasteiger partial charge in [0.25, 0.3) is 5.82 Å². The first-order valence-corrected chi connectivity index (χ1v) is 6.23. The van der Waals surface area contributed by atoms with E-state index in [1.165, 1.54) is 36.7 Å². The van der Waals surface area contributed by atoms with Gasteiger partial charge in [0.15, 0.2) is 6.67 Å². The Morgan fingerprint density at radius 3 is 2.73 bits per heavy atom. The summed E-state index contributed by atoms with van der Waals surface area (Å²) in [5.41, 5.74) is -0.319. The van der Waals surface area contributed by atoms with Gasteiger partial charge in [-0.05, 0) is 6.07 Å². The minimum absolute atomic E-state index is 0.0280. The third-order valence-corrected chi connectivity index (χ3v) is 3.53. The number of rotatable bonds is 1. The molecular weight excluding hydrogens is 300 g/mol. The van der Waals surface area contributed by atoms with Gasteiger partial charge in [-0.2, -0.15) is 9.74 Å². The third kappa shape index (κ3) is 1.98. The second kappa shape index (κ2) is 4.68. The van der Waals surface area contributed by atoms with Crippen molar-refractivity contribution >= 4 is 11.9 Å². The number of aliphatic imine (C=N–C) groups is 1. The molecule has 2 heterocycles. The maximum atomic E-state index is 13.5. The van der Waals surface area contributed by atoms with Crippen LogP contribution < -0.4 is 4.48 Å². The number of benzene rings is 1. The first-order chi connectivity index (χ1) is 10.4. The summed E-state index contributed by atoms with van der Waals surface area (Å²) in [7, 11) is 0. The van der Waals surface area contributed by atoms with Gasteiger partial charge in [-0.3, -0.25) is 0 Å². The summed E-state index contributed by atoms with van der Waals surface area (Å²) < 4.78 is 52.6. The maximum absolute atomic E-state index is 13.5. The maximum Gasteiger partial charge on any atom is 0.490 e. The van der Waals surface area contributed by atoms with Crippen molar-refractivity contribution in [2.75, 3.05) is 6.67 Å². The number of nitriles is 1. The Morgan fingerprint density at radius 2 is 2.09 bits per heavy atom. The number of quaternary nitrogens is 1. The van der Waals surface area contributed by atoms with Gasteiger partial charge in [0.2, 0.25) is 5.70 Å². The number of halogens is 4. The van der Waals surface area contributed by atoms with Crippen LogP contribution >= 0.6 is 0 Å². The lowest BCUT2D eigenvalue weighted by Gasteiger charge is -2.31. The van der Waals surface area contributed by atoms with Crippen LogP contribution in [0, 0.1) is 17.1 Å². The molecule has 1 atom stereocenters. The lowest BCUT2D eigenvalue weighted by atomic mass is 10.2. The molecule has 0 aromatic heterocycles. The van der Waals surface area contributed by atoms with Crippen LogP contribution in [0.1, 0.15) is 0 Å². The molecule has 0 aliphatic carbocycles. The normalized spacial score (nSPS) is 23.7. The van der Waals surface area contributed by atoms with Gasteiger partial charge in [0.05, 0.1) is 0 Å². The van der Waals surface area contributed by atoms with Crippen molar-refractivity contribution in [1.29, 1.82) is 5.26 Å². The highest BCUT2D eigenvalue weighted by molar-refractivity contribution is 5.77. The molecule has 22 heavy (non-hydrogen) atoms. The molecule has 1 aromatic rings. The van der Waals surface area contributed by atoms with Crippen LogP contribution in [-0.4, -0.2) is 24.1 Å². The van der Waals surface area contributed by atoms with E-state index in [4.69, 9.17) is 5.26 Å². The van der Waals surface area contributed by atoms with Crippen molar-refractivity contribution in [3.63, 3.8) is 0 Å². The van der Waals surface area contributed by atoms with E-state index in [1.807, 2.05) is 0 Å². The minimum Gasteiger partial charge on any atom is -0.218 e. The molecule has 112 valence electrons. The van der Waals surface area contributed by atoms with Gasteiger partial charge in [0, 0.05) is 24.4 Å². The van der Waals surface area contributed by atoms with Crippen molar-refractivity contribution in [3.05, 3.63) is 53.9 Å². The molecule has 3 rings (SSSR count). The molecule has 0 N–H and O–H groups in total. The molecule has 0 saturated carbocycles. The van der Waals surface area contributed by atoms with Gasteiger partial charge < -0.3 is 0 Å². The van der Waals surface area contributed by atoms with E-state index in [-0.39, 0.29) is 16.4 Å². The molecule has 8 heteroatoms. The lowest BCUT2D eigenvalue weighted by molar-refractivity contribution is -0.231. The third-order valence-electron chi connectivity index (χ3n) is 3.53. The van der Waals surface area contributed by atoms with Crippen LogP contribution in [0.15, 0.2) is 53.1 Å². The fraction of sp³-hybridized carbons (Fsp3) is 0.143. The van der Waals surface area contributed by atoms with E-state index in [1.54, 1.807) is 6.07 Å². The topological polar surface area (TPSA) is 39.4 Å². The van der Waals surface area contributed by atoms with Crippen LogP contribution in [0.5, 0.6) is 0 Å². The molecule has 1 aromatic carbocycles. The van der Waals surface area contributed by atoms with Crippen LogP contribution in [0.25, 0.3) is 0 Å². The molecule has 0 radical (unpaired) electrons. The zero-order valence-electron chi connectivity index (χ0n) is 11.0. The van der Waals surface area contributed by atoms with Crippen LogP contribution in [0.3, 0.4) is 0 Å². The van der Waals surface area contributed by atoms with Crippen molar-refractivity contribution < 1.29 is 17.6 Å². The molecule has 0 saturated heterocycles. The van der Waals surface area contributed by atoms with Gasteiger partial charge in [-0.15, -0.1) is 13.2 Å². The second-order valence-electron chi connectivity index (χ2n) is 4.79. The van der Waals surface area contributed by atoms with Gasteiger partial charge >= 0.3 is 6.30 Å². The molecule has 0 spiro atoms. The Hall–Kier alpha value is -2.66. The Balaban J connectivity index is 2.23. The fourth-order valence-electron chi connectivity index (χ4n) is 2.58. The Bertz CT molecular complexity index is 757. The Labute approximate surface area is 123 Å². The van der Waals surface area contributed by atoms with E-state index >= 15 is 0 Å². The van der Waals surface area contributed by atoms with Gasteiger partial charge in [-0.25, -0.2) is 14.3 Å². The Kier molecular flexibility index (Phi) is 3.04. The van der Waals surface area contributed by atoms with E-state index in [2.05, 4.69) is 4.99 Å². The number of hydrogen-bond donors (Lipinski definition) is 0. The monoisotopic (exact) mass is 309 g/mol. The largest absolute Gasteiger partial charge is 0.490 e. The zero-order valence-corrected chi connectivity index (χ0v) is 11.0. The van der Waals surface area contributed by atoms with E-state index < -0.39 is 29.0 Å². The van der Waals surface area contributed by atoms with E-state index in [0.717, 1.165) is 6.07 Å². The fourth-order valence-corrected chi connectivity index (χ4v) is 2.58. The molecule has 2 aliphatic rings. The molecule has 4 nitrogen and oxygen atoms in total. The standard InChI is InChI=1S/C14H9F4N4/c15-10-3-1-4-11(7-10)22-6-2-5-20-13(22)12(8-19)21(9-22)14(16,17)18/h1-7H,9H2/q+1. The van der Waals surface area contributed by atoms with Gasteiger partial charge in [-0.1, -0.05) is 6.07 Å². The summed E-state index contributed by atoms with van der Waals surface area (Å²) in [6.45, 7) is -0.598. The van der Waals surface area contributed by atoms with Crippen molar-refractivity contribution in [1.82, 2.24) is 9.38 Å². The van der Waals surface area contributed by atoms with Crippen molar-refractivity contribution in [2.45, 2.75) is 6.30 Å². The van der Waals surface area contributed by atoms with Crippen LogP contribution in [0.2, 0.25) is 0 Å². The smallest absolute Gasteiger partial charge is 0.218 e. The van der Waals surface area contributed by atoms with Crippen molar-refractivity contribution in [3.8, 4) is 6.07 Å². The van der Waals surface area contributed by atoms with E-state index in [9.17, 15) is 17.6 Å². The molecule has 0 bridgehead atoms. The van der Waals surface area contributed by atoms with Crippen LogP contribution in [-0.2, 0) is 0 Å². The number of hydrogen-bond acceptors (Lipinski definition) is 3. The zero-order chi connectivity index (χ0) is 16.0. The van der Waals surface area contributed by atoms with E-state index in [0.29, 0.717) is 0 Å². The lowest BCUT2D eigenvalue weighted by Crippen LogP contribution is -2.47. The molecule has 2 aliphatic heterocycles. The van der Waals surface area contributed by atoms with Gasteiger partial charge in [0.1, 0.15) is 23.8 Å². The summed E-state index contributed by atoms with van der Waals surface area (Å²) >= 11 is 0. The first kappa shape index (κ1) is 14.3. The summed E-state index contributed by atoms with van der Waals surface area (Å²) in [4.78, 5) is 3.97. The summed E-state index contributed by atoms with van der Waals surface area (Å²) in [6, 6.07) is 6.81. The summed E-state index contributed by atoms with van der Waals surface area (Å²) in [6.07, 6.45) is -0.483. The average molecular weight is 309 g/mol. The highest BCUT2D eigenvalue weighted by atomic mass is 19.4. The SMILES string of the molecule is N#CC1=C2N=CC=C[N+]2(c2cccc(F)c2)CN1C(F)(F)F. The quantitative estimate of drug-likeness (QED) is 0.454. The Morgan fingerprint density at radius 1 is 1.32 bits per heavy atom. The highest BCUT2D eigenvalue weighted by Gasteiger charge is 2.55. The minimum atomic E-state index is -4.72. The molecule has 0 amide bonds. The number of allylic oxidation sites excluding steroid dienone is 2. The highest BCUT2D eigenvalue weighted by Crippen LogP contribution is 2.43. The summed E-state index contributed by atoms with van der Waals surface area (Å²) in [5.74, 6) is -0.649. The second-order valence-corrected chi connectivity index (χ2v) is 4.79. The predicted molar refractivity (Wildman–Crippen MR) is 71.2 cm³/mol. The number of alkyl halides is 3. The van der Waals surface area contributed by atoms with Crippen LogP contribution in [0.4, 0.5) is 23.2 Å². The number of nitrogens with zero attached hydrogens (tertiary/aromatic N) is 4. The predicted octanol–water partition coefficient (Wildman–Crippen LogP) is 3.22. The molecular formula is C14H9F4N4+. The summed E-state index contributed by atoms with van der Waals surface area (Å²) in [5, 5.41) is 9.12. The first-order valence-electron chi connectivity index (χ1n) is 6.23. The average Bonchev–Trinajstić information content (AvgIpc) is 2.83. The number of fused-ring (bicyclic) bond motifs is 1.